The Labute approximate surface area is 234 Å². The van der Waals surface area contributed by atoms with E-state index in [0.29, 0.717) is 16.1 Å². The van der Waals surface area contributed by atoms with Gasteiger partial charge in [-0.05, 0) is 86.8 Å². The molecule has 1 N–H and O–H groups in total. The van der Waals surface area contributed by atoms with Gasteiger partial charge in [0.15, 0.2) is 5.17 Å². The highest BCUT2D eigenvalue weighted by atomic mass is 35.5. The number of carbonyl (C=O) groups is 1. The molecule has 2 aromatic rings. The molecule has 3 aliphatic heterocycles. The van der Waals surface area contributed by atoms with E-state index in [0.717, 1.165) is 46.4 Å². The molecule has 2 unspecified atom stereocenters. The summed E-state index contributed by atoms with van der Waals surface area (Å²) in [5, 5.41) is 5.71. The number of thioether (sulfide) groups is 1. The summed E-state index contributed by atoms with van der Waals surface area (Å²) < 4.78 is 0. The Morgan fingerprint density at radius 3 is 2.22 bits per heavy atom. The zero-order valence-corrected chi connectivity index (χ0v) is 24.3. The molecule has 0 spiro atoms. The summed E-state index contributed by atoms with van der Waals surface area (Å²) in [6.45, 7) is 12.4. The average Bonchev–Trinajstić information content (AvgIpc) is 3.31. The highest BCUT2D eigenvalue weighted by molar-refractivity contribution is 8.18. The summed E-state index contributed by atoms with van der Waals surface area (Å²) in [4.78, 5) is 24.5. The Bertz CT molecular complexity index is 1240. The van der Waals surface area contributed by atoms with Crippen LogP contribution >= 0.6 is 35.0 Å². The van der Waals surface area contributed by atoms with Gasteiger partial charge in [-0.2, -0.15) is 0 Å². The van der Waals surface area contributed by atoms with Gasteiger partial charge in [0.25, 0.3) is 5.91 Å². The first kappa shape index (κ1) is 26.6. The molecule has 5 nitrogen and oxygen atoms in total. The van der Waals surface area contributed by atoms with Crippen LogP contribution in [0.1, 0.15) is 58.2 Å². The maximum absolute atomic E-state index is 14.1. The molecule has 5 rings (SSSR count). The number of nitrogens with one attached hydrogen (secondary N) is 1. The van der Waals surface area contributed by atoms with E-state index in [2.05, 4.69) is 69.1 Å². The number of benzene rings is 2. The summed E-state index contributed by atoms with van der Waals surface area (Å²) in [7, 11) is 0. The van der Waals surface area contributed by atoms with Crippen LogP contribution in [0.2, 0.25) is 10.0 Å². The van der Waals surface area contributed by atoms with Gasteiger partial charge in [0, 0.05) is 34.4 Å². The van der Waals surface area contributed by atoms with Crippen molar-refractivity contribution in [2.75, 3.05) is 13.1 Å². The molecule has 0 aromatic heterocycles. The fraction of sp³-hybridized carbons (Fsp3) is 0.448. The van der Waals surface area contributed by atoms with Gasteiger partial charge in [-0.1, -0.05) is 61.3 Å². The predicted molar refractivity (Wildman–Crippen MR) is 155 cm³/mol. The number of nitrogens with zero attached hydrogens (tertiary/aromatic N) is 3. The molecular formula is C29H34Cl2N4OS. The molecule has 2 aromatic carbocycles. The van der Waals surface area contributed by atoms with Crippen molar-refractivity contribution in [2.24, 2.45) is 10.9 Å². The monoisotopic (exact) mass is 556 g/mol. The zero-order chi connectivity index (χ0) is 26.5. The van der Waals surface area contributed by atoms with Crippen LogP contribution < -0.4 is 5.32 Å². The van der Waals surface area contributed by atoms with Crippen molar-refractivity contribution in [3.8, 4) is 0 Å². The number of amidine groups is 1. The molecule has 1 saturated heterocycles. The smallest absolute Gasteiger partial charge is 0.262 e. The normalized spacial score (nSPS) is 25.0. The lowest BCUT2D eigenvalue weighted by atomic mass is 9.81. The number of rotatable bonds is 7. The number of aliphatic imine (C=N–C) groups is 1. The molecule has 3 heterocycles. The van der Waals surface area contributed by atoms with E-state index >= 15 is 0 Å². The van der Waals surface area contributed by atoms with Crippen molar-refractivity contribution in [2.45, 2.75) is 64.7 Å². The number of carbonyl (C=O) groups excluding carboxylic acids is 1. The number of allylic oxidation sites excluding steroid dienone is 1. The predicted octanol–water partition coefficient (Wildman–Crippen LogP) is 6.83. The maximum atomic E-state index is 14.1. The molecule has 0 aliphatic carbocycles. The van der Waals surface area contributed by atoms with E-state index in [1.54, 1.807) is 0 Å². The highest BCUT2D eigenvalue weighted by Gasteiger charge is 2.53. The molecule has 1 amide bonds. The number of fused-ring (bicyclic) bond motifs is 1. The van der Waals surface area contributed by atoms with E-state index in [-0.39, 0.29) is 23.9 Å². The van der Waals surface area contributed by atoms with Crippen LogP contribution in [0.15, 0.2) is 64.1 Å². The zero-order valence-electron chi connectivity index (χ0n) is 22.0. The quantitative estimate of drug-likeness (QED) is 0.405. The van der Waals surface area contributed by atoms with Crippen molar-refractivity contribution in [1.82, 2.24) is 15.1 Å². The first-order valence-electron chi connectivity index (χ1n) is 13.0. The van der Waals surface area contributed by atoms with Gasteiger partial charge in [0.2, 0.25) is 0 Å². The summed E-state index contributed by atoms with van der Waals surface area (Å²) >= 11 is 14.0. The van der Waals surface area contributed by atoms with Crippen molar-refractivity contribution in [3.05, 3.63) is 80.3 Å². The molecule has 3 atom stereocenters. The van der Waals surface area contributed by atoms with Gasteiger partial charge in [-0.25, -0.2) is 4.99 Å². The molecule has 0 bridgehead atoms. The van der Waals surface area contributed by atoms with Crippen LogP contribution in [0.5, 0.6) is 0 Å². The summed E-state index contributed by atoms with van der Waals surface area (Å²) in [5.41, 5.74) is 2.66. The number of amides is 1. The minimum Gasteiger partial charge on any atom is -0.334 e. The van der Waals surface area contributed by atoms with Crippen LogP contribution in [0, 0.1) is 5.92 Å². The van der Waals surface area contributed by atoms with Gasteiger partial charge in [0.1, 0.15) is 10.4 Å². The molecule has 8 heteroatoms. The van der Waals surface area contributed by atoms with E-state index in [4.69, 9.17) is 28.2 Å². The van der Waals surface area contributed by atoms with Crippen LogP contribution in [-0.4, -0.2) is 46.0 Å². The highest BCUT2D eigenvalue weighted by Crippen LogP contribution is 2.56. The van der Waals surface area contributed by atoms with Crippen LogP contribution in [0.3, 0.4) is 0 Å². The molecule has 1 fully saturated rings. The molecule has 0 saturated carbocycles. The third-order valence-electron chi connectivity index (χ3n) is 7.59. The van der Waals surface area contributed by atoms with Crippen LogP contribution in [0.25, 0.3) is 0 Å². The first-order chi connectivity index (χ1) is 17.6. The van der Waals surface area contributed by atoms with Crippen molar-refractivity contribution < 1.29 is 4.79 Å². The number of hydrogen-bond acceptors (Lipinski definition) is 5. The van der Waals surface area contributed by atoms with Gasteiger partial charge >= 0.3 is 0 Å². The van der Waals surface area contributed by atoms with Crippen molar-refractivity contribution in [1.29, 1.82) is 0 Å². The first-order valence-corrected chi connectivity index (χ1v) is 14.5. The minimum absolute atomic E-state index is 0.0950. The van der Waals surface area contributed by atoms with Gasteiger partial charge in [0.05, 0.1) is 6.04 Å². The van der Waals surface area contributed by atoms with Gasteiger partial charge < -0.3 is 15.1 Å². The summed E-state index contributed by atoms with van der Waals surface area (Å²) in [6.07, 6.45) is 1.11. The third-order valence-corrected chi connectivity index (χ3v) is 9.16. The SMILES string of the molecule is CC(C)C1=C(C(=O)N(C[C@@H]2CCN2)C(C)C)SC2=NC(C)(c3ccc(Cl)cc3)C(c3ccc(Cl)cc3)N21. The van der Waals surface area contributed by atoms with Crippen molar-refractivity contribution in [3.63, 3.8) is 0 Å². The lowest BCUT2D eigenvalue weighted by Crippen LogP contribution is -2.53. The molecule has 3 aliphatic rings. The van der Waals surface area contributed by atoms with E-state index < -0.39 is 5.54 Å². The molecule has 37 heavy (non-hydrogen) atoms. The Balaban J connectivity index is 1.60. The molecule has 0 radical (unpaired) electrons. The fourth-order valence-electron chi connectivity index (χ4n) is 5.47. The largest absolute Gasteiger partial charge is 0.334 e. The second-order valence-electron chi connectivity index (χ2n) is 10.8. The van der Waals surface area contributed by atoms with Crippen LogP contribution in [-0.2, 0) is 10.3 Å². The van der Waals surface area contributed by atoms with E-state index in [1.807, 2.05) is 29.2 Å². The molecule has 196 valence electrons. The topological polar surface area (TPSA) is 47.9 Å². The second-order valence-corrected chi connectivity index (χ2v) is 12.7. The summed E-state index contributed by atoms with van der Waals surface area (Å²) in [5.74, 6) is 0.231. The van der Waals surface area contributed by atoms with Gasteiger partial charge in [-0.15, -0.1) is 0 Å². The number of hydrogen-bond donors (Lipinski definition) is 1. The summed E-state index contributed by atoms with van der Waals surface area (Å²) in [6, 6.07) is 16.3. The third kappa shape index (κ3) is 4.82. The van der Waals surface area contributed by atoms with Crippen LogP contribution in [0.4, 0.5) is 0 Å². The number of halogens is 2. The Morgan fingerprint density at radius 2 is 1.70 bits per heavy atom. The fourth-order valence-corrected chi connectivity index (χ4v) is 7.08. The van der Waals surface area contributed by atoms with Crippen molar-refractivity contribution >= 4 is 46.0 Å². The minimum atomic E-state index is -0.566. The van der Waals surface area contributed by atoms with E-state index in [9.17, 15) is 4.79 Å². The lowest BCUT2D eigenvalue weighted by Gasteiger charge is -2.38. The Kier molecular flexibility index (Phi) is 7.40. The lowest BCUT2D eigenvalue weighted by molar-refractivity contribution is -0.128. The maximum Gasteiger partial charge on any atom is 0.262 e. The van der Waals surface area contributed by atoms with Gasteiger partial charge in [-0.3, -0.25) is 4.79 Å². The standard InChI is InChI=1S/C29H34Cl2N4OS/c1-17(2)24-25(27(36)34(18(3)4)16-23-14-15-32-23)37-28-33-29(5,20-8-12-22(31)13-9-20)26(35(24)28)19-6-10-21(30)11-7-19/h6-13,17-18,23,26,32H,14-16H2,1-5H3/t23-,26?,29?/m0/s1. The van der Waals surface area contributed by atoms with E-state index in [1.165, 1.54) is 11.8 Å². The second kappa shape index (κ2) is 10.3. The Morgan fingerprint density at radius 1 is 1.11 bits per heavy atom. The average molecular weight is 558 g/mol. The molecular weight excluding hydrogens is 523 g/mol. The Hall–Kier alpha value is -1.99.